The van der Waals surface area contributed by atoms with Crippen molar-refractivity contribution in [1.29, 1.82) is 0 Å². The molecule has 4 fully saturated rings. The number of ether oxygens (including phenoxy) is 2. The first-order valence-corrected chi connectivity index (χ1v) is 16.2. The minimum atomic E-state index is -1.10. The molecule has 9 nitrogen and oxygen atoms in total. The highest BCUT2D eigenvalue weighted by molar-refractivity contribution is 5.99. The molecule has 48 heavy (non-hydrogen) atoms. The van der Waals surface area contributed by atoms with Gasteiger partial charge < -0.3 is 19.3 Å². The second kappa shape index (κ2) is 11.4. The molecule has 6 heterocycles. The predicted octanol–water partition coefficient (Wildman–Crippen LogP) is 5.21. The standard InChI is InChI=1S/C35H34F4N6O3/c1-3-26(46)45-20(2)14-43(16-35(45)17-47-18-35)32-24-13-40-30(23-7-4-6-21-8-9-25(37)28(38)27(21)23)29(39)31(24)41-33(42-32)48-19-34-10-5-11-44(34)15-22(36)12-34/h3-4,6-9,13,20,22H,1,5,10-12,14-19H2,2H3/t20-,22-,34+/m1/s1. The minimum Gasteiger partial charge on any atom is -0.461 e. The van der Waals surface area contributed by atoms with Crippen molar-refractivity contribution < 1.29 is 31.8 Å². The molecule has 1 amide bonds. The van der Waals surface area contributed by atoms with Gasteiger partial charge in [-0.2, -0.15) is 9.97 Å². The molecule has 4 aliphatic heterocycles. The Labute approximate surface area is 274 Å². The van der Waals surface area contributed by atoms with Crippen molar-refractivity contribution in [1.82, 2.24) is 24.8 Å². The Hall–Kier alpha value is -4.36. The van der Waals surface area contributed by atoms with Crippen molar-refractivity contribution >= 4 is 33.4 Å². The first kappa shape index (κ1) is 30.9. The zero-order chi connectivity index (χ0) is 33.4. The third-order valence-electron chi connectivity index (χ3n) is 10.4. The Kier molecular flexibility index (Phi) is 7.33. The van der Waals surface area contributed by atoms with Gasteiger partial charge in [0.15, 0.2) is 17.5 Å². The maximum atomic E-state index is 16.8. The minimum absolute atomic E-state index is 0.0719. The molecular formula is C35H34F4N6O3. The number of rotatable bonds is 6. The Balaban J connectivity index is 1.26. The number of anilines is 1. The Bertz CT molecular complexity index is 1970. The lowest BCUT2D eigenvalue weighted by Crippen LogP contribution is -2.75. The van der Waals surface area contributed by atoms with E-state index in [0.29, 0.717) is 50.5 Å². The molecule has 2 aromatic heterocycles. The number of alkyl halides is 1. The fourth-order valence-corrected chi connectivity index (χ4v) is 8.31. The van der Waals surface area contributed by atoms with Crippen LogP contribution in [0.3, 0.4) is 0 Å². The highest BCUT2D eigenvalue weighted by atomic mass is 19.2. The van der Waals surface area contributed by atoms with Gasteiger partial charge in [0, 0.05) is 49.2 Å². The summed E-state index contributed by atoms with van der Waals surface area (Å²) in [7, 11) is 0. The van der Waals surface area contributed by atoms with E-state index in [9.17, 15) is 13.6 Å². The van der Waals surface area contributed by atoms with Crippen molar-refractivity contribution in [2.75, 3.05) is 50.9 Å². The summed E-state index contributed by atoms with van der Waals surface area (Å²) in [6.45, 7) is 8.13. The molecule has 0 radical (unpaired) electrons. The smallest absolute Gasteiger partial charge is 0.319 e. The number of aromatic nitrogens is 3. The largest absolute Gasteiger partial charge is 0.461 e. The maximum Gasteiger partial charge on any atom is 0.319 e. The zero-order valence-corrected chi connectivity index (χ0v) is 26.4. The number of halogens is 4. The summed E-state index contributed by atoms with van der Waals surface area (Å²) >= 11 is 0. The monoisotopic (exact) mass is 662 g/mol. The van der Waals surface area contributed by atoms with E-state index in [1.165, 1.54) is 24.4 Å². The highest BCUT2D eigenvalue weighted by Gasteiger charge is 2.53. The first-order chi connectivity index (χ1) is 23.1. The van der Waals surface area contributed by atoms with E-state index in [1.807, 2.05) is 11.8 Å². The molecule has 1 spiro atoms. The molecule has 0 aliphatic carbocycles. The van der Waals surface area contributed by atoms with Gasteiger partial charge in [-0.15, -0.1) is 0 Å². The van der Waals surface area contributed by atoms with Crippen LogP contribution in [0.4, 0.5) is 23.4 Å². The van der Waals surface area contributed by atoms with Crippen molar-refractivity contribution in [3.8, 4) is 17.3 Å². The van der Waals surface area contributed by atoms with Gasteiger partial charge >= 0.3 is 6.01 Å². The van der Waals surface area contributed by atoms with Gasteiger partial charge in [0.05, 0.1) is 24.1 Å². The summed E-state index contributed by atoms with van der Waals surface area (Å²) in [6.07, 6.45) is 3.77. The quantitative estimate of drug-likeness (QED) is 0.206. The van der Waals surface area contributed by atoms with E-state index in [0.717, 1.165) is 25.5 Å². The molecule has 4 aromatic rings. The number of piperazine rings is 1. The molecule has 2 aromatic carbocycles. The number of carbonyl (C=O) groups excluding carboxylic acids is 1. The van der Waals surface area contributed by atoms with E-state index in [2.05, 4.69) is 21.4 Å². The lowest BCUT2D eigenvalue weighted by molar-refractivity contribution is -0.172. The SMILES string of the molecule is C=CC(=O)N1[C@H](C)CN(c2nc(OC[C@@]34CCCN3C[C@H](F)C4)nc3c(F)c(-c4cccc5ccc(F)c(F)c45)ncc23)CC12COC2. The van der Waals surface area contributed by atoms with Crippen LogP contribution in [-0.4, -0.2) is 99.9 Å². The normalized spacial score (nSPS) is 25.1. The molecule has 0 bridgehead atoms. The van der Waals surface area contributed by atoms with Crippen LogP contribution >= 0.6 is 0 Å². The van der Waals surface area contributed by atoms with Crippen LogP contribution in [0, 0.1) is 17.5 Å². The van der Waals surface area contributed by atoms with Crippen LogP contribution in [0.25, 0.3) is 32.9 Å². The first-order valence-electron chi connectivity index (χ1n) is 16.2. The van der Waals surface area contributed by atoms with Gasteiger partial charge in [-0.25, -0.2) is 17.6 Å². The third-order valence-corrected chi connectivity index (χ3v) is 10.4. The average Bonchev–Trinajstić information content (AvgIpc) is 3.59. The fraction of sp³-hybridized carbons (Fsp3) is 0.429. The Morgan fingerprint density at radius 1 is 1.15 bits per heavy atom. The van der Waals surface area contributed by atoms with Gasteiger partial charge in [-0.05, 0) is 43.8 Å². The van der Waals surface area contributed by atoms with Gasteiger partial charge in [0.1, 0.15) is 35.3 Å². The van der Waals surface area contributed by atoms with Crippen LogP contribution in [0.2, 0.25) is 0 Å². The number of fused-ring (bicyclic) bond motifs is 3. The van der Waals surface area contributed by atoms with Crippen molar-refractivity contribution in [2.24, 2.45) is 0 Å². The van der Waals surface area contributed by atoms with E-state index in [1.54, 1.807) is 17.0 Å². The van der Waals surface area contributed by atoms with Crippen LogP contribution in [0.5, 0.6) is 6.01 Å². The molecule has 3 atom stereocenters. The van der Waals surface area contributed by atoms with E-state index in [-0.39, 0.29) is 52.1 Å². The van der Waals surface area contributed by atoms with Crippen LogP contribution in [0.15, 0.2) is 49.2 Å². The topological polar surface area (TPSA) is 83.9 Å². The molecule has 0 unspecified atom stereocenters. The van der Waals surface area contributed by atoms with E-state index in [4.69, 9.17) is 14.5 Å². The molecule has 13 heteroatoms. The lowest BCUT2D eigenvalue weighted by Gasteiger charge is -2.57. The van der Waals surface area contributed by atoms with E-state index >= 15 is 8.78 Å². The van der Waals surface area contributed by atoms with Gasteiger partial charge in [0.25, 0.3) is 0 Å². The van der Waals surface area contributed by atoms with E-state index < -0.39 is 34.7 Å². The maximum absolute atomic E-state index is 16.8. The van der Waals surface area contributed by atoms with Gasteiger partial charge in [0.2, 0.25) is 5.91 Å². The Morgan fingerprint density at radius 2 is 1.98 bits per heavy atom. The number of carbonyl (C=O) groups is 1. The summed E-state index contributed by atoms with van der Waals surface area (Å²) in [5, 5.41) is 0.573. The molecule has 0 saturated carbocycles. The summed E-state index contributed by atoms with van der Waals surface area (Å²) in [5.74, 6) is -2.87. The lowest BCUT2D eigenvalue weighted by atomic mass is 9.88. The molecule has 0 N–H and O–H groups in total. The van der Waals surface area contributed by atoms with Crippen molar-refractivity contribution in [3.63, 3.8) is 0 Å². The second-order valence-corrected chi connectivity index (χ2v) is 13.5. The van der Waals surface area contributed by atoms with Crippen LogP contribution in [0.1, 0.15) is 26.2 Å². The summed E-state index contributed by atoms with van der Waals surface area (Å²) in [5.41, 5.74) is -1.39. The molecule has 250 valence electrons. The van der Waals surface area contributed by atoms with Crippen molar-refractivity contribution in [2.45, 2.75) is 49.5 Å². The third kappa shape index (κ3) is 4.73. The fourth-order valence-electron chi connectivity index (χ4n) is 8.31. The zero-order valence-electron chi connectivity index (χ0n) is 26.4. The summed E-state index contributed by atoms with van der Waals surface area (Å²) in [4.78, 5) is 32.5. The Morgan fingerprint density at radius 3 is 2.75 bits per heavy atom. The molecule has 4 aliphatic rings. The molecule has 4 saturated heterocycles. The summed E-state index contributed by atoms with van der Waals surface area (Å²) < 4.78 is 72.7. The predicted molar refractivity (Wildman–Crippen MR) is 171 cm³/mol. The van der Waals surface area contributed by atoms with Gasteiger partial charge in [-0.1, -0.05) is 30.8 Å². The average molecular weight is 663 g/mol. The number of benzene rings is 2. The second-order valence-electron chi connectivity index (χ2n) is 13.5. The van der Waals surface area contributed by atoms with Crippen molar-refractivity contribution in [3.05, 3.63) is 66.6 Å². The number of hydrogen-bond acceptors (Lipinski definition) is 8. The molecule has 8 rings (SSSR count). The van der Waals surface area contributed by atoms with Crippen LogP contribution < -0.4 is 9.64 Å². The highest BCUT2D eigenvalue weighted by Crippen LogP contribution is 2.42. The summed E-state index contributed by atoms with van der Waals surface area (Å²) in [6, 6.07) is 6.80. The number of pyridine rings is 1. The number of hydrogen-bond donors (Lipinski definition) is 0. The van der Waals surface area contributed by atoms with Crippen LogP contribution in [-0.2, 0) is 9.53 Å². The number of amides is 1. The number of nitrogens with zero attached hydrogens (tertiary/aromatic N) is 6. The van der Waals surface area contributed by atoms with Gasteiger partial charge in [-0.3, -0.25) is 14.7 Å². The molecular weight excluding hydrogens is 628 g/mol.